The van der Waals surface area contributed by atoms with E-state index in [0.29, 0.717) is 25.1 Å². The van der Waals surface area contributed by atoms with Crippen LogP contribution >= 0.6 is 31.9 Å². The topological polar surface area (TPSA) is 112 Å². The Kier molecular flexibility index (Phi) is 6.50. The second-order valence-corrected chi connectivity index (χ2v) is 6.76. The molecule has 1 saturated heterocycles. The average Bonchev–Trinajstić information content (AvgIpc) is 2.83. The lowest BCUT2D eigenvalue weighted by Gasteiger charge is -2.09. The summed E-state index contributed by atoms with van der Waals surface area (Å²) in [5, 5.41) is 2.78. The Morgan fingerprint density at radius 1 is 1.42 bits per heavy atom. The van der Waals surface area contributed by atoms with Gasteiger partial charge in [-0.25, -0.2) is 0 Å². The number of ether oxygens (including phenoxy) is 2. The molecule has 0 bridgehead atoms. The van der Waals surface area contributed by atoms with Gasteiger partial charge < -0.3 is 26.3 Å². The smallest absolute Gasteiger partial charge is 0.289 e. The van der Waals surface area contributed by atoms with Gasteiger partial charge in [0.15, 0.2) is 17.9 Å². The number of carbonyl (C=O) groups excluding carboxylic acids is 1. The Hall–Kier alpha value is -1.74. The monoisotopic (exact) mass is 460 g/mol. The standard InChI is InChI=1S/C15H18Br2N4O3/c1-23-13-9(16)5-8(6-10(13)17)7-11-14(22)21-12(24-11)3-2-4-20-15(18)19/h5-7,12H,2-4H2,1H3,(H,21,22)(H4,18,19,20)/b11-7-/t12-/m1/s1. The zero-order valence-corrected chi connectivity index (χ0v) is 16.2. The van der Waals surface area contributed by atoms with Gasteiger partial charge in [-0.1, -0.05) is 0 Å². The normalized spacial score (nSPS) is 18.2. The van der Waals surface area contributed by atoms with Crippen LogP contribution in [-0.4, -0.2) is 31.7 Å². The fourth-order valence-electron chi connectivity index (χ4n) is 2.18. The molecule has 130 valence electrons. The predicted molar refractivity (Wildman–Crippen MR) is 99.3 cm³/mol. The number of rotatable bonds is 6. The minimum atomic E-state index is -0.372. The molecule has 1 fully saturated rings. The number of hydrogen-bond donors (Lipinski definition) is 3. The molecule has 1 heterocycles. The highest BCUT2D eigenvalue weighted by Crippen LogP contribution is 2.35. The summed E-state index contributed by atoms with van der Waals surface area (Å²) >= 11 is 6.86. The number of nitrogens with one attached hydrogen (secondary N) is 1. The molecule has 1 amide bonds. The zero-order chi connectivity index (χ0) is 17.7. The maximum atomic E-state index is 12.0. The lowest BCUT2D eigenvalue weighted by atomic mass is 10.2. The number of carbonyl (C=O) groups is 1. The largest absolute Gasteiger partial charge is 0.494 e. The second kappa shape index (κ2) is 8.39. The molecule has 5 N–H and O–H groups in total. The lowest BCUT2D eigenvalue weighted by Crippen LogP contribution is -2.26. The highest BCUT2D eigenvalue weighted by molar-refractivity contribution is 9.11. The molecule has 0 radical (unpaired) electrons. The van der Waals surface area contributed by atoms with Gasteiger partial charge in [0.2, 0.25) is 0 Å². The SMILES string of the molecule is COc1c(Br)cc(/C=C2\O[C@H](CCCN=C(N)N)NC2=O)cc1Br. The van der Waals surface area contributed by atoms with Crippen molar-refractivity contribution in [1.82, 2.24) is 5.32 Å². The number of nitrogens with zero attached hydrogens (tertiary/aromatic N) is 1. The Balaban J connectivity index is 2.03. The molecule has 1 aliphatic rings. The Labute approximate surface area is 156 Å². The van der Waals surface area contributed by atoms with Crippen LogP contribution < -0.4 is 21.5 Å². The molecule has 7 nitrogen and oxygen atoms in total. The van der Waals surface area contributed by atoms with E-state index in [1.807, 2.05) is 12.1 Å². The van der Waals surface area contributed by atoms with Crippen molar-refractivity contribution in [3.05, 3.63) is 32.4 Å². The van der Waals surface area contributed by atoms with Crippen molar-refractivity contribution in [2.24, 2.45) is 16.5 Å². The van der Waals surface area contributed by atoms with E-state index in [0.717, 1.165) is 14.5 Å². The van der Waals surface area contributed by atoms with E-state index in [1.165, 1.54) is 0 Å². The van der Waals surface area contributed by atoms with E-state index < -0.39 is 0 Å². The van der Waals surface area contributed by atoms with Gasteiger partial charge in [-0.05, 0) is 62.1 Å². The van der Waals surface area contributed by atoms with Gasteiger partial charge in [0, 0.05) is 13.0 Å². The molecule has 0 aromatic heterocycles. The van der Waals surface area contributed by atoms with Gasteiger partial charge in [0.05, 0.1) is 16.1 Å². The number of nitrogens with two attached hydrogens (primary N) is 2. The first-order chi connectivity index (χ1) is 11.4. The molecule has 1 aromatic carbocycles. The van der Waals surface area contributed by atoms with Crippen LogP contribution in [-0.2, 0) is 9.53 Å². The lowest BCUT2D eigenvalue weighted by molar-refractivity contribution is -0.116. The van der Waals surface area contributed by atoms with Crippen LogP contribution in [0, 0.1) is 0 Å². The van der Waals surface area contributed by atoms with Crippen LogP contribution in [0.15, 0.2) is 31.8 Å². The molecule has 0 unspecified atom stereocenters. The summed E-state index contributed by atoms with van der Waals surface area (Å²) in [7, 11) is 1.59. The van der Waals surface area contributed by atoms with Crippen molar-refractivity contribution >= 4 is 49.8 Å². The summed E-state index contributed by atoms with van der Waals surface area (Å²) in [5.41, 5.74) is 11.3. The van der Waals surface area contributed by atoms with Gasteiger partial charge in [0.25, 0.3) is 5.91 Å². The van der Waals surface area contributed by atoms with Gasteiger partial charge >= 0.3 is 0 Å². The molecule has 0 spiro atoms. The molecular weight excluding hydrogens is 444 g/mol. The van der Waals surface area contributed by atoms with Crippen LogP contribution in [0.3, 0.4) is 0 Å². The van der Waals surface area contributed by atoms with Crippen molar-refractivity contribution in [2.45, 2.75) is 19.1 Å². The Morgan fingerprint density at radius 2 is 2.08 bits per heavy atom. The van der Waals surface area contributed by atoms with Crippen LogP contribution in [0.25, 0.3) is 6.08 Å². The van der Waals surface area contributed by atoms with E-state index in [1.54, 1.807) is 13.2 Å². The number of methoxy groups -OCH3 is 1. The average molecular weight is 462 g/mol. The highest BCUT2D eigenvalue weighted by atomic mass is 79.9. The molecule has 1 atom stereocenters. The van der Waals surface area contributed by atoms with Crippen molar-refractivity contribution < 1.29 is 14.3 Å². The quantitative estimate of drug-likeness (QED) is 0.260. The van der Waals surface area contributed by atoms with Gasteiger partial charge in [-0.2, -0.15) is 0 Å². The molecule has 2 rings (SSSR count). The highest BCUT2D eigenvalue weighted by Gasteiger charge is 2.27. The van der Waals surface area contributed by atoms with E-state index in [4.69, 9.17) is 20.9 Å². The predicted octanol–water partition coefficient (Wildman–Crippen LogP) is 2.09. The minimum absolute atomic E-state index is 0.0580. The van der Waals surface area contributed by atoms with Crippen LogP contribution in [0.4, 0.5) is 0 Å². The second-order valence-electron chi connectivity index (χ2n) is 5.06. The maximum Gasteiger partial charge on any atom is 0.289 e. The number of hydrogen-bond acceptors (Lipinski definition) is 4. The Morgan fingerprint density at radius 3 is 2.67 bits per heavy atom. The first kappa shape index (κ1) is 18.6. The van der Waals surface area contributed by atoms with Gasteiger partial charge in [-0.3, -0.25) is 9.79 Å². The summed E-state index contributed by atoms with van der Waals surface area (Å²) in [5.74, 6) is 0.768. The number of halogens is 2. The van der Waals surface area contributed by atoms with E-state index in [-0.39, 0.29) is 23.9 Å². The van der Waals surface area contributed by atoms with Crippen LogP contribution in [0.5, 0.6) is 5.75 Å². The third kappa shape index (κ3) is 4.88. The first-order valence-corrected chi connectivity index (χ1v) is 8.77. The molecule has 0 saturated carbocycles. The number of amides is 1. The van der Waals surface area contributed by atoms with Gasteiger partial charge in [-0.15, -0.1) is 0 Å². The summed E-state index contributed by atoms with van der Waals surface area (Å²) in [4.78, 5) is 15.9. The zero-order valence-electron chi connectivity index (χ0n) is 13.0. The third-order valence-corrected chi connectivity index (χ3v) is 4.40. The molecule has 9 heteroatoms. The molecule has 0 aliphatic carbocycles. The van der Waals surface area contributed by atoms with E-state index in [9.17, 15) is 4.79 Å². The van der Waals surface area contributed by atoms with Crippen molar-refractivity contribution in [1.29, 1.82) is 0 Å². The van der Waals surface area contributed by atoms with Crippen molar-refractivity contribution in [3.63, 3.8) is 0 Å². The van der Waals surface area contributed by atoms with Crippen LogP contribution in [0.2, 0.25) is 0 Å². The third-order valence-electron chi connectivity index (χ3n) is 3.23. The number of aliphatic imine (C=N–C) groups is 1. The summed E-state index contributed by atoms with van der Waals surface area (Å²) in [6.45, 7) is 0.496. The fourth-order valence-corrected chi connectivity index (χ4v) is 3.72. The summed E-state index contributed by atoms with van der Waals surface area (Å²) in [6, 6.07) is 3.69. The molecule has 1 aliphatic heterocycles. The Bertz CT molecular complexity index is 664. The van der Waals surface area contributed by atoms with E-state index in [2.05, 4.69) is 42.2 Å². The number of benzene rings is 1. The summed E-state index contributed by atoms with van der Waals surface area (Å²) in [6.07, 6.45) is 2.63. The fraction of sp³-hybridized carbons (Fsp3) is 0.333. The summed E-state index contributed by atoms with van der Waals surface area (Å²) < 4.78 is 12.5. The van der Waals surface area contributed by atoms with Crippen molar-refractivity contribution in [2.75, 3.05) is 13.7 Å². The van der Waals surface area contributed by atoms with Crippen LogP contribution in [0.1, 0.15) is 18.4 Å². The van der Waals surface area contributed by atoms with Gasteiger partial charge in [0.1, 0.15) is 5.75 Å². The minimum Gasteiger partial charge on any atom is -0.494 e. The first-order valence-electron chi connectivity index (χ1n) is 7.18. The maximum absolute atomic E-state index is 12.0. The molecule has 1 aromatic rings. The van der Waals surface area contributed by atoms with E-state index >= 15 is 0 Å². The molecular formula is C15H18Br2N4O3. The van der Waals surface area contributed by atoms with Crippen molar-refractivity contribution in [3.8, 4) is 5.75 Å². The molecule has 24 heavy (non-hydrogen) atoms. The number of guanidine groups is 1.